The van der Waals surface area contributed by atoms with E-state index in [-0.39, 0.29) is 17.9 Å². The second-order valence-electron chi connectivity index (χ2n) is 6.81. The minimum Gasteiger partial charge on any atom is -0.493 e. The van der Waals surface area contributed by atoms with Crippen LogP contribution in [-0.2, 0) is 22.4 Å². The zero-order valence-corrected chi connectivity index (χ0v) is 15.5. The Morgan fingerprint density at radius 1 is 1.32 bits per heavy atom. The molecule has 7 nitrogen and oxygen atoms in total. The summed E-state index contributed by atoms with van der Waals surface area (Å²) in [6.45, 7) is 0.702. The van der Waals surface area contributed by atoms with Crippen LogP contribution < -0.4 is 10.3 Å². The van der Waals surface area contributed by atoms with Crippen LogP contribution in [0.4, 0.5) is 0 Å². The van der Waals surface area contributed by atoms with Gasteiger partial charge in [0.05, 0.1) is 20.1 Å². The van der Waals surface area contributed by atoms with Crippen molar-refractivity contribution >= 4 is 5.97 Å². The molecule has 1 aliphatic heterocycles. The minimum atomic E-state index is -0.441. The minimum absolute atomic E-state index is 0.0636. The predicted octanol–water partition coefficient (Wildman–Crippen LogP) is 2.32. The standard InChI is InChI=1S/C21H21N3O4/c1-27-19(25)11-16(15-3-2-7-22-12-15)20-17(23-24-21(20)26)10-13-4-5-18-14(9-13)6-8-28-18/h2-5,7,9,12,16H,6,8,10-11H2,1H3,(H2,23,24,26)/t16-/m0/s1. The molecule has 0 spiro atoms. The topological polar surface area (TPSA) is 97.1 Å². The molecule has 0 bridgehead atoms. The lowest BCUT2D eigenvalue weighted by molar-refractivity contribution is -0.140. The Morgan fingerprint density at radius 3 is 3.00 bits per heavy atom. The molecule has 0 aliphatic carbocycles. The highest BCUT2D eigenvalue weighted by atomic mass is 16.5. The van der Waals surface area contributed by atoms with Crippen molar-refractivity contribution in [2.75, 3.05) is 13.7 Å². The van der Waals surface area contributed by atoms with Gasteiger partial charge in [-0.15, -0.1) is 0 Å². The molecule has 0 unspecified atom stereocenters. The number of rotatable bonds is 6. The van der Waals surface area contributed by atoms with Crippen LogP contribution in [0, 0.1) is 0 Å². The van der Waals surface area contributed by atoms with Gasteiger partial charge in [0.2, 0.25) is 0 Å². The van der Waals surface area contributed by atoms with Crippen LogP contribution in [0.2, 0.25) is 0 Å². The van der Waals surface area contributed by atoms with Gasteiger partial charge < -0.3 is 14.6 Å². The van der Waals surface area contributed by atoms with Gasteiger partial charge in [-0.25, -0.2) is 0 Å². The number of methoxy groups -OCH3 is 1. The van der Waals surface area contributed by atoms with E-state index in [1.54, 1.807) is 18.5 Å². The van der Waals surface area contributed by atoms with Crippen LogP contribution in [0.25, 0.3) is 0 Å². The number of carbonyl (C=O) groups excluding carboxylic acids is 1. The fourth-order valence-corrected chi connectivity index (χ4v) is 3.68. The second kappa shape index (κ2) is 7.72. The van der Waals surface area contributed by atoms with Crippen LogP contribution in [-0.4, -0.2) is 34.9 Å². The summed E-state index contributed by atoms with van der Waals surface area (Å²) in [6, 6.07) is 9.73. The van der Waals surface area contributed by atoms with E-state index in [1.165, 1.54) is 12.7 Å². The van der Waals surface area contributed by atoms with Crippen LogP contribution in [0.3, 0.4) is 0 Å². The molecule has 0 amide bonds. The molecule has 4 rings (SSSR count). The summed E-state index contributed by atoms with van der Waals surface area (Å²) in [7, 11) is 1.34. The summed E-state index contributed by atoms with van der Waals surface area (Å²) in [5, 5.41) is 5.66. The quantitative estimate of drug-likeness (QED) is 0.641. The number of carbonyl (C=O) groups is 1. The van der Waals surface area contributed by atoms with Gasteiger partial charge in [0.1, 0.15) is 5.75 Å². The number of aromatic amines is 2. The molecular formula is C21H21N3O4. The Bertz CT molecular complexity index is 1040. The van der Waals surface area contributed by atoms with Gasteiger partial charge in [-0.3, -0.25) is 19.7 Å². The van der Waals surface area contributed by atoms with Gasteiger partial charge in [-0.2, -0.15) is 0 Å². The van der Waals surface area contributed by atoms with Gasteiger partial charge in [0.15, 0.2) is 0 Å². The average molecular weight is 379 g/mol. The highest BCUT2D eigenvalue weighted by molar-refractivity contribution is 5.71. The van der Waals surface area contributed by atoms with E-state index in [9.17, 15) is 9.59 Å². The van der Waals surface area contributed by atoms with E-state index in [0.29, 0.717) is 18.6 Å². The Hall–Kier alpha value is -3.35. The summed E-state index contributed by atoms with van der Waals surface area (Å²) in [5.41, 5.74) is 4.09. The number of nitrogens with one attached hydrogen (secondary N) is 2. The van der Waals surface area contributed by atoms with E-state index in [4.69, 9.17) is 9.47 Å². The number of hydrogen-bond acceptors (Lipinski definition) is 5. The summed E-state index contributed by atoms with van der Waals surface area (Å²) in [4.78, 5) is 28.8. The second-order valence-corrected chi connectivity index (χ2v) is 6.81. The van der Waals surface area contributed by atoms with E-state index < -0.39 is 5.92 Å². The molecule has 0 saturated carbocycles. The molecule has 2 N–H and O–H groups in total. The van der Waals surface area contributed by atoms with E-state index in [0.717, 1.165) is 29.0 Å². The fourth-order valence-electron chi connectivity index (χ4n) is 3.68. The Morgan fingerprint density at radius 2 is 2.21 bits per heavy atom. The van der Waals surface area contributed by atoms with Crippen molar-refractivity contribution in [1.29, 1.82) is 0 Å². The molecule has 28 heavy (non-hydrogen) atoms. The molecular weight excluding hydrogens is 358 g/mol. The largest absolute Gasteiger partial charge is 0.493 e. The Labute approximate surface area is 161 Å². The van der Waals surface area contributed by atoms with Crippen molar-refractivity contribution in [2.45, 2.75) is 25.2 Å². The molecule has 3 heterocycles. The SMILES string of the molecule is COC(=O)C[C@@H](c1cccnc1)c1c(Cc2ccc3c(c2)CCO3)[nH][nH]c1=O. The number of hydrogen-bond donors (Lipinski definition) is 2. The number of benzene rings is 1. The van der Waals surface area contributed by atoms with Gasteiger partial charge in [-0.1, -0.05) is 18.2 Å². The van der Waals surface area contributed by atoms with Crippen LogP contribution in [0.15, 0.2) is 47.5 Å². The monoisotopic (exact) mass is 379 g/mol. The molecule has 0 fully saturated rings. The summed E-state index contributed by atoms with van der Waals surface area (Å²) in [6.07, 6.45) is 4.83. The van der Waals surface area contributed by atoms with Crippen LogP contribution in [0.1, 0.15) is 40.3 Å². The maximum absolute atomic E-state index is 12.6. The molecule has 1 aliphatic rings. The third-order valence-electron chi connectivity index (χ3n) is 5.07. The number of esters is 1. The first kappa shape index (κ1) is 18.0. The number of aromatic nitrogens is 3. The third-order valence-corrected chi connectivity index (χ3v) is 5.07. The van der Waals surface area contributed by atoms with Gasteiger partial charge in [-0.05, 0) is 28.8 Å². The highest BCUT2D eigenvalue weighted by Gasteiger charge is 2.26. The molecule has 7 heteroatoms. The Balaban J connectivity index is 1.71. The van der Waals surface area contributed by atoms with Crippen LogP contribution in [0.5, 0.6) is 5.75 Å². The lowest BCUT2D eigenvalue weighted by Gasteiger charge is -2.16. The van der Waals surface area contributed by atoms with Gasteiger partial charge >= 0.3 is 5.97 Å². The molecule has 144 valence electrons. The smallest absolute Gasteiger partial charge is 0.306 e. The average Bonchev–Trinajstić information content (AvgIpc) is 3.33. The fraction of sp³-hybridized carbons (Fsp3) is 0.286. The van der Waals surface area contributed by atoms with E-state index in [2.05, 4.69) is 21.2 Å². The molecule has 0 radical (unpaired) electrons. The maximum atomic E-state index is 12.6. The van der Waals surface area contributed by atoms with Gasteiger partial charge in [0.25, 0.3) is 5.56 Å². The van der Waals surface area contributed by atoms with Crippen molar-refractivity contribution < 1.29 is 14.3 Å². The van der Waals surface area contributed by atoms with Gasteiger partial charge in [0, 0.05) is 42.4 Å². The first-order valence-electron chi connectivity index (χ1n) is 9.16. The first-order chi connectivity index (χ1) is 13.7. The van der Waals surface area contributed by atoms with Crippen molar-refractivity contribution in [3.63, 3.8) is 0 Å². The summed E-state index contributed by atoms with van der Waals surface area (Å²) in [5.74, 6) is 0.101. The van der Waals surface area contributed by atoms with E-state index in [1.807, 2.05) is 18.2 Å². The number of fused-ring (bicyclic) bond motifs is 1. The van der Waals surface area contributed by atoms with Crippen molar-refractivity contribution in [2.24, 2.45) is 0 Å². The zero-order valence-electron chi connectivity index (χ0n) is 15.5. The molecule has 1 aromatic carbocycles. The van der Waals surface area contributed by atoms with Crippen molar-refractivity contribution in [3.8, 4) is 5.75 Å². The third kappa shape index (κ3) is 3.55. The number of pyridine rings is 1. The molecule has 3 aromatic rings. The zero-order chi connectivity index (χ0) is 19.5. The normalized spacial score (nSPS) is 13.6. The molecule has 2 aromatic heterocycles. The lowest BCUT2D eigenvalue weighted by atomic mass is 9.88. The Kier molecular flexibility index (Phi) is 4.97. The highest BCUT2D eigenvalue weighted by Crippen LogP contribution is 2.30. The van der Waals surface area contributed by atoms with Crippen LogP contribution >= 0.6 is 0 Å². The lowest BCUT2D eigenvalue weighted by Crippen LogP contribution is -2.18. The number of nitrogens with zero attached hydrogens (tertiary/aromatic N) is 1. The molecule has 1 atom stereocenters. The van der Waals surface area contributed by atoms with Crippen molar-refractivity contribution in [3.05, 3.63) is 81.0 Å². The maximum Gasteiger partial charge on any atom is 0.306 e. The van der Waals surface area contributed by atoms with E-state index >= 15 is 0 Å². The van der Waals surface area contributed by atoms with Crippen molar-refractivity contribution in [1.82, 2.24) is 15.2 Å². The summed E-state index contributed by atoms with van der Waals surface area (Å²) >= 11 is 0. The molecule has 0 saturated heterocycles. The number of H-pyrrole nitrogens is 2. The summed E-state index contributed by atoms with van der Waals surface area (Å²) < 4.78 is 10.4. The number of ether oxygens (including phenoxy) is 2. The predicted molar refractivity (Wildman–Crippen MR) is 103 cm³/mol. The first-order valence-corrected chi connectivity index (χ1v) is 9.16.